The van der Waals surface area contributed by atoms with Crippen molar-refractivity contribution < 1.29 is 13.2 Å². The Labute approximate surface area is 194 Å². The Morgan fingerprint density at radius 1 is 1.12 bits per heavy atom. The zero-order valence-corrected chi connectivity index (χ0v) is 18.9. The summed E-state index contributed by atoms with van der Waals surface area (Å²) in [4.78, 5) is 17.7. The molecule has 1 aliphatic rings. The summed E-state index contributed by atoms with van der Waals surface area (Å²) >= 11 is 5.67. The molecule has 3 aromatic heterocycles. The normalized spacial score (nSPS) is 13.8. The summed E-state index contributed by atoms with van der Waals surface area (Å²) in [7, 11) is -2.10. The lowest BCUT2D eigenvalue weighted by atomic mass is 10.1. The van der Waals surface area contributed by atoms with Crippen LogP contribution < -0.4 is 10.0 Å². The second kappa shape index (κ2) is 8.09. The highest BCUT2D eigenvalue weighted by Gasteiger charge is 2.28. The number of sulfonamides is 1. The van der Waals surface area contributed by atoms with Gasteiger partial charge in [0.2, 0.25) is 0 Å². The predicted octanol–water partition coefficient (Wildman–Crippen LogP) is 3.34. The van der Waals surface area contributed by atoms with Crippen LogP contribution in [0.15, 0.2) is 53.6 Å². The molecule has 0 atom stereocenters. The second-order valence-corrected chi connectivity index (χ2v) is 9.77. The first-order chi connectivity index (χ1) is 15.8. The maximum atomic E-state index is 13.1. The Hall–Kier alpha value is -3.57. The molecule has 4 aromatic rings. The number of amides is 1. The topological polar surface area (TPSA) is 132 Å². The van der Waals surface area contributed by atoms with Gasteiger partial charge in [-0.15, -0.1) is 10.2 Å². The Kier molecular flexibility index (Phi) is 5.22. The van der Waals surface area contributed by atoms with E-state index < -0.39 is 10.0 Å². The first-order valence-electron chi connectivity index (χ1n) is 10.1. The molecule has 168 valence electrons. The van der Waals surface area contributed by atoms with Crippen molar-refractivity contribution in [2.45, 2.75) is 23.7 Å². The fourth-order valence-electron chi connectivity index (χ4n) is 3.39. The number of carbonyl (C=O) groups is 1. The van der Waals surface area contributed by atoms with Crippen LogP contribution in [-0.2, 0) is 17.1 Å². The van der Waals surface area contributed by atoms with Crippen molar-refractivity contribution in [3.63, 3.8) is 0 Å². The first kappa shape index (κ1) is 21.3. The van der Waals surface area contributed by atoms with Gasteiger partial charge >= 0.3 is 0 Å². The molecule has 0 spiro atoms. The molecule has 1 amide bonds. The van der Waals surface area contributed by atoms with Crippen LogP contribution in [0.1, 0.15) is 34.8 Å². The zero-order chi connectivity index (χ0) is 23.2. The van der Waals surface area contributed by atoms with Crippen molar-refractivity contribution in [3.05, 3.63) is 65.1 Å². The number of anilines is 2. The highest BCUT2D eigenvalue weighted by atomic mass is 35.5. The number of benzene rings is 1. The van der Waals surface area contributed by atoms with Crippen LogP contribution >= 0.6 is 11.6 Å². The van der Waals surface area contributed by atoms with Crippen LogP contribution in [0.2, 0.25) is 5.15 Å². The summed E-state index contributed by atoms with van der Waals surface area (Å²) in [6.45, 7) is 0. The smallest absolute Gasteiger partial charge is 0.263 e. The van der Waals surface area contributed by atoms with Crippen LogP contribution in [0, 0.1) is 0 Å². The van der Waals surface area contributed by atoms with Crippen molar-refractivity contribution >= 4 is 50.1 Å². The Balaban J connectivity index is 1.36. The molecule has 2 N–H and O–H groups in total. The van der Waals surface area contributed by atoms with Crippen molar-refractivity contribution in [3.8, 4) is 0 Å². The predicted molar refractivity (Wildman–Crippen MR) is 123 cm³/mol. The minimum absolute atomic E-state index is 0.00632. The van der Waals surface area contributed by atoms with Gasteiger partial charge in [-0.1, -0.05) is 11.6 Å². The van der Waals surface area contributed by atoms with E-state index in [1.807, 2.05) is 6.07 Å². The van der Waals surface area contributed by atoms with E-state index in [1.165, 1.54) is 36.4 Å². The number of aryl methyl sites for hydroxylation is 1. The van der Waals surface area contributed by atoms with Gasteiger partial charge in [-0.25, -0.2) is 13.4 Å². The first-order valence-corrected chi connectivity index (χ1v) is 11.9. The van der Waals surface area contributed by atoms with E-state index in [2.05, 4.69) is 30.3 Å². The van der Waals surface area contributed by atoms with Crippen molar-refractivity contribution in [1.29, 1.82) is 0 Å². The summed E-state index contributed by atoms with van der Waals surface area (Å²) < 4.78 is 29.1. The molecule has 0 bridgehead atoms. The number of fused-ring (bicyclic) bond motifs is 1. The molecule has 12 heteroatoms. The molecule has 1 aliphatic carbocycles. The summed E-state index contributed by atoms with van der Waals surface area (Å²) in [5.74, 6) is 0.0991. The average Bonchev–Trinajstić information content (AvgIpc) is 3.58. The minimum atomic E-state index is -3.89. The maximum absolute atomic E-state index is 13.1. The van der Waals surface area contributed by atoms with Crippen LogP contribution in [0.3, 0.4) is 0 Å². The fraction of sp³-hybridized carbons (Fsp3) is 0.190. The molecule has 0 radical (unpaired) electrons. The average molecular weight is 484 g/mol. The van der Waals surface area contributed by atoms with E-state index in [0.717, 1.165) is 18.5 Å². The highest BCUT2D eigenvalue weighted by molar-refractivity contribution is 7.92. The van der Waals surface area contributed by atoms with Gasteiger partial charge in [0.05, 0.1) is 22.0 Å². The Morgan fingerprint density at radius 2 is 1.88 bits per heavy atom. The zero-order valence-electron chi connectivity index (χ0n) is 17.4. The third-order valence-electron chi connectivity index (χ3n) is 5.26. The van der Waals surface area contributed by atoms with E-state index in [0.29, 0.717) is 28.2 Å². The standard InChI is InChI=1S/C21H18ClN7O3S/c1-29-20-16(11-23-29)15(10-17(25-20)12-2-3-12)21(30)24-13-4-6-14(7-5-13)33(31,32)28-19-9-8-18(22)26-27-19/h4-12H,2-3H2,1H3,(H,24,30)(H,27,28). The van der Waals surface area contributed by atoms with E-state index in [-0.39, 0.29) is 21.8 Å². The molecule has 3 heterocycles. The summed E-state index contributed by atoms with van der Waals surface area (Å²) in [5.41, 5.74) is 2.47. The van der Waals surface area contributed by atoms with Gasteiger partial charge in [0.15, 0.2) is 16.6 Å². The number of hydrogen-bond acceptors (Lipinski definition) is 7. The lowest BCUT2D eigenvalue weighted by Crippen LogP contribution is -2.15. The number of nitrogens with one attached hydrogen (secondary N) is 2. The number of hydrogen-bond donors (Lipinski definition) is 2. The van der Waals surface area contributed by atoms with Gasteiger partial charge in [0.25, 0.3) is 15.9 Å². The number of aromatic nitrogens is 5. The molecular formula is C21H18ClN7O3S. The lowest BCUT2D eigenvalue weighted by Gasteiger charge is -2.10. The molecule has 5 rings (SSSR count). The van der Waals surface area contributed by atoms with Crippen molar-refractivity contribution in [2.75, 3.05) is 10.0 Å². The molecule has 0 aliphatic heterocycles. The number of halogens is 1. The Morgan fingerprint density at radius 3 is 2.55 bits per heavy atom. The number of pyridine rings is 1. The maximum Gasteiger partial charge on any atom is 0.263 e. The lowest BCUT2D eigenvalue weighted by molar-refractivity contribution is 0.102. The summed E-state index contributed by atoms with van der Waals surface area (Å²) in [6.07, 6.45) is 3.74. The molecule has 1 aromatic carbocycles. The number of nitrogens with zero attached hydrogens (tertiary/aromatic N) is 5. The minimum Gasteiger partial charge on any atom is -0.322 e. The Bertz CT molecular complexity index is 1460. The van der Waals surface area contributed by atoms with Crippen LogP contribution in [-0.4, -0.2) is 39.3 Å². The van der Waals surface area contributed by atoms with E-state index in [9.17, 15) is 13.2 Å². The SMILES string of the molecule is Cn1ncc2c(C(=O)Nc3ccc(S(=O)(=O)Nc4ccc(Cl)nn4)cc3)cc(C3CC3)nc21. The number of carbonyl (C=O) groups excluding carboxylic acids is 1. The summed E-state index contributed by atoms with van der Waals surface area (Å²) in [6, 6.07) is 10.5. The van der Waals surface area contributed by atoms with E-state index >= 15 is 0 Å². The van der Waals surface area contributed by atoms with Crippen molar-refractivity contribution in [1.82, 2.24) is 25.0 Å². The second-order valence-electron chi connectivity index (χ2n) is 7.70. The number of rotatable bonds is 6. The third-order valence-corrected chi connectivity index (χ3v) is 6.83. The molecular weight excluding hydrogens is 466 g/mol. The molecule has 0 saturated heterocycles. The van der Waals surface area contributed by atoms with Crippen LogP contribution in [0.5, 0.6) is 0 Å². The quantitative estimate of drug-likeness (QED) is 0.429. The van der Waals surface area contributed by atoms with Gasteiger partial charge in [0.1, 0.15) is 0 Å². The summed E-state index contributed by atoms with van der Waals surface area (Å²) in [5, 5.41) is 15.2. The van der Waals surface area contributed by atoms with Gasteiger partial charge in [-0.2, -0.15) is 5.10 Å². The molecule has 0 unspecified atom stereocenters. The van der Waals surface area contributed by atoms with Gasteiger partial charge in [-0.05, 0) is 55.3 Å². The van der Waals surface area contributed by atoms with Gasteiger partial charge in [-0.3, -0.25) is 14.2 Å². The fourth-order valence-corrected chi connectivity index (χ4v) is 4.49. The molecule has 10 nitrogen and oxygen atoms in total. The highest BCUT2D eigenvalue weighted by Crippen LogP contribution is 2.40. The van der Waals surface area contributed by atoms with Crippen molar-refractivity contribution in [2.24, 2.45) is 7.05 Å². The van der Waals surface area contributed by atoms with Gasteiger partial charge in [0, 0.05) is 24.3 Å². The van der Waals surface area contributed by atoms with Crippen LogP contribution in [0.25, 0.3) is 11.0 Å². The third kappa shape index (κ3) is 4.37. The largest absolute Gasteiger partial charge is 0.322 e. The molecule has 1 saturated carbocycles. The monoisotopic (exact) mass is 483 g/mol. The molecule has 33 heavy (non-hydrogen) atoms. The van der Waals surface area contributed by atoms with E-state index in [4.69, 9.17) is 11.6 Å². The van der Waals surface area contributed by atoms with Crippen LogP contribution in [0.4, 0.5) is 11.5 Å². The molecule has 1 fully saturated rings. The van der Waals surface area contributed by atoms with Gasteiger partial charge < -0.3 is 5.32 Å². The van der Waals surface area contributed by atoms with E-state index in [1.54, 1.807) is 17.9 Å².